The summed E-state index contributed by atoms with van der Waals surface area (Å²) < 4.78 is 0. The molecule has 4 nitrogen and oxygen atoms in total. The number of halogens is 1. The van der Waals surface area contributed by atoms with E-state index in [1.165, 1.54) is 0 Å². The van der Waals surface area contributed by atoms with Crippen LogP contribution in [-0.2, 0) is 15.0 Å². The van der Waals surface area contributed by atoms with E-state index in [2.05, 4.69) is 5.32 Å². The van der Waals surface area contributed by atoms with E-state index in [1.54, 1.807) is 26.0 Å². The van der Waals surface area contributed by atoms with E-state index in [0.29, 0.717) is 5.02 Å². The van der Waals surface area contributed by atoms with E-state index < -0.39 is 16.8 Å². The summed E-state index contributed by atoms with van der Waals surface area (Å²) in [5.74, 6) is -1.02. The average Bonchev–Trinajstić information content (AvgIpc) is 3.18. The van der Waals surface area contributed by atoms with E-state index >= 15 is 0 Å². The van der Waals surface area contributed by atoms with Crippen molar-refractivity contribution in [3.63, 3.8) is 0 Å². The van der Waals surface area contributed by atoms with Gasteiger partial charge >= 0.3 is 5.97 Å². The lowest BCUT2D eigenvalue weighted by molar-refractivity contribution is -0.146. The van der Waals surface area contributed by atoms with Gasteiger partial charge < -0.3 is 10.4 Å². The van der Waals surface area contributed by atoms with Gasteiger partial charge in [0, 0.05) is 11.6 Å². The molecule has 2 N–H and O–H groups in total. The Morgan fingerprint density at radius 1 is 1.30 bits per heavy atom. The van der Waals surface area contributed by atoms with Crippen molar-refractivity contribution >= 4 is 23.5 Å². The van der Waals surface area contributed by atoms with Crippen LogP contribution in [0.25, 0.3) is 0 Å². The highest BCUT2D eigenvalue weighted by molar-refractivity contribution is 6.30. The monoisotopic (exact) mass is 295 g/mol. The molecule has 0 saturated heterocycles. The van der Waals surface area contributed by atoms with Crippen molar-refractivity contribution in [2.75, 3.05) is 6.54 Å². The van der Waals surface area contributed by atoms with Crippen molar-refractivity contribution in [1.82, 2.24) is 5.32 Å². The van der Waals surface area contributed by atoms with Gasteiger partial charge in [0.25, 0.3) is 0 Å². The first-order valence-electron chi connectivity index (χ1n) is 6.56. The Morgan fingerprint density at radius 2 is 1.85 bits per heavy atom. The van der Waals surface area contributed by atoms with Gasteiger partial charge in [-0.25, -0.2) is 0 Å². The number of carbonyl (C=O) groups is 2. The van der Waals surface area contributed by atoms with Crippen molar-refractivity contribution in [3.05, 3.63) is 34.9 Å². The maximum atomic E-state index is 12.3. The molecule has 20 heavy (non-hydrogen) atoms. The van der Waals surface area contributed by atoms with Crippen LogP contribution in [0, 0.1) is 5.41 Å². The second kappa shape index (κ2) is 5.09. The van der Waals surface area contributed by atoms with Gasteiger partial charge in [-0.3, -0.25) is 9.59 Å². The Bertz CT molecular complexity index is 533. The summed E-state index contributed by atoms with van der Waals surface area (Å²) in [7, 11) is 0. The molecule has 1 aliphatic carbocycles. The van der Waals surface area contributed by atoms with Gasteiger partial charge in [-0.2, -0.15) is 0 Å². The van der Waals surface area contributed by atoms with E-state index in [9.17, 15) is 9.59 Å². The highest BCUT2D eigenvalue weighted by Gasteiger charge is 2.51. The molecule has 0 aromatic heterocycles. The summed E-state index contributed by atoms with van der Waals surface area (Å²) in [6.45, 7) is 3.31. The molecule has 1 saturated carbocycles. The summed E-state index contributed by atoms with van der Waals surface area (Å²) in [6.07, 6.45) is 1.57. The van der Waals surface area contributed by atoms with Crippen LogP contribution in [0.3, 0.4) is 0 Å². The fourth-order valence-electron chi connectivity index (χ4n) is 2.09. The molecule has 1 amide bonds. The van der Waals surface area contributed by atoms with Gasteiger partial charge in [0.15, 0.2) is 0 Å². The number of hydrogen-bond acceptors (Lipinski definition) is 2. The molecule has 0 radical (unpaired) electrons. The van der Waals surface area contributed by atoms with Crippen LogP contribution < -0.4 is 5.32 Å². The zero-order valence-electron chi connectivity index (χ0n) is 11.6. The maximum absolute atomic E-state index is 12.3. The second-order valence-electron chi connectivity index (χ2n) is 5.96. The third kappa shape index (κ3) is 2.80. The Balaban J connectivity index is 2.06. The summed E-state index contributed by atoms with van der Waals surface area (Å²) in [6, 6.07) is 7.26. The number of amides is 1. The van der Waals surface area contributed by atoms with E-state index in [4.69, 9.17) is 16.7 Å². The van der Waals surface area contributed by atoms with Gasteiger partial charge in [0.1, 0.15) is 0 Å². The molecule has 0 unspecified atom stereocenters. The number of benzene rings is 1. The van der Waals surface area contributed by atoms with Crippen molar-refractivity contribution in [2.24, 2.45) is 5.41 Å². The van der Waals surface area contributed by atoms with Gasteiger partial charge in [0.2, 0.25) is 5.91 Å². The zero-order chi connectivity index (χ0) is 15.0. The SMILES string of the molecule is CC(C)(CNC(=O)C1(c2ccc(Cl)cc2)CC1)C(=O)O. The van der Waals surface area contributed by atoms with Crippen molar-refractivity contribution in [3.8, 4) is 0 Å². The van der Waals surface area contributed by atoms with E-state index in [-0.39, 0.29) is 12.5 Å². The van der Waals surface area contributed by atoms with Crippen LogP contribution in [0.4, 0.5) is 0 Å². The average molecular weight is 296 g/mol. The minimum absolute atomic E-state index is 0.103. The molecule has 0 aliphatic heterocycles. The topological polar surface area (TPSA) is 66.4 Å². The lowest BCUT2D eigenvalue weighted by Gasteiger charge is -2.22. The lowest BCUT2D eigenvalue weighted by Crippen LogP contribution is -2.43. The number of carboxylic acids is 1. The number of rotatable bonds is 5. The lowest BCUT2D eigenvalue weighted by atomic mass is 9.91. The first-order chi connectivity index (χ1) is 9.28. The minimum atomic E-state index is -0.967. The Kier molecular flexibility index (Phi) is 3.78. The van der Waals surface area contributed by atoms with Crippen LogP contribution in [0.1, 0.15) is 32.3 Å². The summed E-state index contributed by atoms with van der Waals surface area (Å²) in [5.41, 5.74) is -0.530. The van der Waals surface area contributed by atoms with Crippen LogP contribution >= 0.6 is 11.6 Å². The van der Waals surface area contributed by atoms with Crippen LogP contribution in [0.5, 0.6) is 0 Å². The number of hydrogen-bond donors (Lipinski definition) is 2. The molecule has 5 heteroatoms. The molecule has 1 aromatic carbocycles. The number of carboxylic acid groups (broad SMARTS) is 1. The van der Waals surface area contributed by atoms with Crippen LogP contribution in [0.2, 0.25) is 5.02 Å². The smallest absolute Gasteiger partial charge is 0.310 e. The largest absolute Gasteiger partial charge is 0.481 e. The van der Waals surface area contributed by atoms with Gasteiger partial charge in [-0.15, -0.1) is 0 Å². The molecule has 2 rings (SSSR count). The molecule has 0 heterocycles. The third-order valence-electron chi connectivity index (χ3n) is 3.85. The minimum Gasteiger partial charge on any atom is -0.481 e. The van der Waals surface area contributed by atoms with Crippen molar-refractivity contribution < 1.29 is 14.7 Å². The van der Waals surface area contributed by atoms with Crippen molar-refractivity contribution in [1.29, 1.82) is 0 Å². The number of aliphatic carboxylic acids is 1. The van der Waals surface area contributed by atoms with Gasteiger partial charge in [-0.1, -0.05) is 23.7 Å². The zero-order valence-corrected chi connectivity index (χ0v) is 12.3. The Morgan fingerprint density at radius 3 is 2.30 bits per heavy atom. The number of carbonyl (C=O) groups excluding carboxylic acids is 1. The van der Waals surface area contributed by atoms with Gasteiger partial charge in [0.05, 0.1) is 10.8 Å². The predicted octanol–water partition coefficient (Wildman–Crippen LogP) is 2.60. The van der Waals surface area contributed by atoms with E-state index in [1.807, 2.05) is 12.1 Å². The van der Waals surface area contributed by atoms with E-state index in [0.717, 1.165) is 18.4 Å². The molecule has 108 valence electrons. The predicted molar refractivity (Wildman–Crippen MR) is 76.8 cm³/mol. The second-order valence-corrected chi connectivity index (χ2v) is 6.40. The molecule has 0 spiro atoms. The molecular formula is C15H18ClNO3. The summed E-state index contributed by atoms with van der Waals surface area (Å²) in [5, 5.41) is 12.5. The van der Waals surface area contributed by atoms with Crippen LogP contribution in [0.15, 0.2) is 24.3 Å². The standard InChI is InChI=1S/C15H18ClNO3/c1-14(2,13(19)20)9-17-12(18)15(7-8-15)10-3-5-11(16)6-4-10/h3-6H,7-9H2,1-2H3,(H,17,18)(H,19,20). The number of nitrogens with one attached hydrogen (secondary N) is 1. The first kappa shape index (κ1) is 14.9. The van der Waals surface area contributed by atoms with Gasteiger partial charge in [-0.05, 0) is 44.4 Å². The molecular weight excluding hydrogens is 278 g/mol. The molecule has 1 aliphatic rings. The Hall–Kier alpha value is -1.55. The fourth-order valence-corrected chi connectivity index (χ4v) is 2.21. The molecule has 0 atom stereocenters. The molecule has 1 fully saturated rings. The quantitative estimate of drug-likeness (QED) is 0.877. The van der Waals surface area contributed by atoms with Crippen molar-refractivity contribution in [2.45, 2.75) is 32.1 Å². The summed E-state index contributed by atoms with van der Waals surface area (Å²) in [4.78, 5) is 23.4. The fraction of sp³-hybridized carbons (Fsp3) is 0.467. The Labute approximate surface area is 123 Å². The normalized spacial score (nSPS) is 16.6. The first-order valence-corrected chi connectivity index (χ1v) is 6.93. The highest BCUT2D eigenvalue weighted by atomic mass is 35.5. The maximum Gasteiger partial charge on any atom is 0.310 e. The molecule has 1 aromatic rings. The summed E-state index contributed by atoms with van der Waals surface area (Å²) >= 11 is 5.85. The van der Waals surface area contributed by atoms with Crippen LogP contribution in [-0.4, -0.2) is 23.5 Å². The highest BCUT2D eigenvalue weighted by Crippen LogP contribution is 2.48. The molecule has 0 bridgehead atoms. The third-order valence-corrected chi connectivity index (χ3v) is 4.10.